The molecule has 2 aliphatic rings. The molecule has 2 rings (SSSR count). The van der Waals surface area contributed by atoms with Crippen molar-refractivity contribution in [2.45, 2.75) is 39.0 Å². The van der Waals surface area contributed by atoms with Crippen molar-refractivity contribution in [2.75, 3.05) is 26.2 Å². The Bertz CT molecular complexity index is 187. The maximum Gasteiger partial charge on any atom is 0.00502 e. The van der Waals surface area contributed by atoms with Gasteiger partial charge in [0.2, 0.25) is 0 Å². The molecule has 1 saturated heterocycles. The highest BCUT2D eigenvalue weighted by Crippen LogP contribution is 2.45. The topological polar surface area (TPSA) is 29.3 Å². The first-order valence-corrected chi connectivity index (χ1v) is 6.20. The number of hydrogen-bond acceptors (Lipinski definition) is 2. The van der Waals surface area contributed by atoms with Gasteiger partial charge in [-0.05, 0) is 50.1 Å². The summed E-state index contributed by atoms with van der Waals surface area (Å²) in [7, 11) is 0. The molecule has 2 fully saturated rings. The highest BCUT2D eigenvalue weighted by atomic mass is 15.2. The molecule has 1 saturated carbocycles. The number of rotatable bonds is 5. The van der Waals surface area contributed by atoms with Crippen molar-refractivity contribution in [1.82, 2.24) is 4.90 Å². The zero-order chi connectivity index (χ0) is 10.0. The SMILES string of the molecule is CCCC1CCN(CC2(CN)CC2)C1. The minimum Gasteiger partial charge on any atom is -0.330 e. The lowest BCUT2D eigenvalue weighted by molar-refractivity contribution is 0.257. The van der Waals surface area contributed by atoms with E-state index in [9.17, 15) is 0 Å². The summed E-state index contributed by atoms with van der Waals surface area (Å²) in [5.41, 5.74) is 6.36. The van der Waals surface area contributed by atoms with Gasteiger partial charge in [0, 0.05) is 13.1 Å². The first-order chi connectivity index (χ1) is 6.78. The van der Waals surface area contributed by atoms with E-state index in [1.807, 2.05) is 0 Å². The lowest BCUT2D eigenvalue weighted by Crippen LogP contribution is -2.32. The van der Waals surface area contributed by atoms with Crippen molar-refractivity contribution in [3.05, 3.63) is 0 Å². The molecule has 1 unspecified atom stereocenters. The molecule has 0 bridgehead atoms. The largest absolute Gasteiger partial charge is 0.330 e. The smallest absolute Gasteiger partial charge is 0.00502 e. The number of likely N-dealkylation sites (tertiary alicyclic amines) is 1. The summed E-state index contributed by atoms with van der Waals surface area (Å²) in [6.07, 6.45) is 6.94. The van der Waals surface area contributed by atoms with E-state index in [2.05, 4.69) is 11.8 Å². The number of hydrogen-bond donors (Lipinski definition) is 1. The van der Waals surface area contributed by atoms with Crippen molar-refractivity contribution in [3.63, 3.8) is 0 Å². The van der Waals surface area contributed by atoms with E-state index in [-0.39, 0.29) is 0 Å². The van der Waals surface area contributed by atoms with Gasteiger partial charge in [-0.15, -0.1) is 0 Å². The summed E-state index contributed by atoms with van der Waals surface area (Å²) in [5, 5.41) is 0. The van der Waals surface area contributed by atoms with Gasteiger partial charge in [-0.2, -0.15) is 0 Å². The van der Waals surface area contributed by atoms with Crippen molar-refractivity contribution in [3.8, 4) is 0 Å². The van der Waals surface area contributed by atoms with Crippen LogP contribution in [-0.4, -0.2) is 31.1 Å². The standard InChI is InChI=1S/C12H24N2/c1-2-3-11-4-7-14(8-11)10-12(9-13)5-6-12/h11H,2-10,13H2,1H3. The van der Waals surface area contributed by atoms with Gasteiger partial charge in [0.1, 0.15) is 0 Å². The van der Waals surface area contributed by atoms with Crippen molar-refractivity contribution in [2.24, 2.45) is 17.1 Å². The molecule has 0 spiro atoms. The Hall–Kier alpha value is -0.0800. The van der Waals surface area contributed by atoms with E-state index >= 15 is 0 Å². The second-order valence-corrected chi connectivity index (χ2v) is 5.38. The van der Waals surface area contributed by atoms with Crippen LogP contribution in [-0.2, 0) is 0 Å². The second-order valence-electron chi connectivity index (χ2n) is 5.38. The summed E-state index contributed by atoms with van der Waals surface area (Å²) in [6.45, 7) is 7.15. The highest BCUT2D eigenvalue weighted by Gasteiger charge is 2.43. The molecule has 0 aromatic carbocycles. The van der Waals surface area contributed by atoms with Gasteiger partial charge in [0.05, 0.1) is 0 Å². The average molecular weight is 196 g/mol. The minimum atomic E-state index is 0.543. The van der Waals surface area contributed by atoms with Crippen LogP contribution in [0.25, 0.3) is 0 Å². The molecule has 0 aromatic rings. The molecule has 2 heteroatoms. The fraction of sp³-hybridized carbons (Fsp3) is 1.00. The molecule has 0 aromatic heterocycles. The molecule has 1 aliphatic carbocycles. The molecule has 14 heavy (non-hydrogen) atoms. The van der Waals surface area contributed by atoms with Crippen LogP contribution < -0.4 is 5.73 Å². The van der Waals surface area contributed by atoms with Crippen LogP contribution in [0.5, 0.6) is 0 Å². The van der Waals surface area contributed by atoms with E-state index < -0.39 is 0 Å². The summed E-state index contributed by atoms with van der Waals surface area (Å²) >= 11 is 0. The lowest BCUT2D eigenvalue weighted by Gasteiger charge is -2.22. The van der Waals surface area contributed by atoms with Gasteiger partial charge in [0.15, 0.2) is 0 Å². The molecular formula is C12H24N2. The Balaban J connectivity index is 1.73. The Morgan fingerprint density at radius 2 is 2.21 bits per heavy atom. The third-order valence-electron chi connectivity index (χ3n) is 4.02. The second kappa shape index (κ2) is 4.19. The first kappa shape index (κ1) is 10.4. The molecule has 1 aliphatic heterocycles. The molecule has 82 valence electrons. The van der Waals surface area contributed by atoms with Crippen LogP contribution in [0.4, 0.5) is 0 Å². The Labute approximate surface area is 87.8 Å². The van der Waals surface area contributed by atoms with Crippen molar-refractivity contribution >= 4 is 0 Å². The molecule has 1 atom stereocenters. The fourth-order valence-corrected chi connectivity index (χ4v) is 2.78. The molecular weight excluding hydrogens is 172 g/mol. The van der Waals surface area contributed by atoms with Crippen molar-refractivity contribution in [1.29, 1.82) is 0 Å². The zero-order valence-electron chi connectivity index (χ0n) is 9.47. The fourth-order valence-electron chi connectivity index (χ4n) is 2.78. The average Bonchev–Trinajstić information content (AvgIpc) is 2.82. The van der Waals surface area contributed by atoms with E-state index in [1.54, 1.807) is 0 Å². The molecule has 0 amide bonds. The Morgan fingerprint density at radius 1 is 1.43 bits per heavy atom. The van der Waals surface area contributed by atoms with Gasteiger partial charge in [-0.1, -0.05) is 13.3 Å². The van der Waals surface area contributed by atoms with Crippen LogP contribution >= 0.6 is 0 Å². The van der Waals surface area contributed by atoms with Crippen LogP contribution in [0, 0.1) is 11.3 Å². The van der Waals surface area contributed by atoms with Gasteiger partial charge in [0.25, 0.3) is 0 Å². The molecule has 2 N–H and O–H groups in total. The maximum absolute atomic E-state index is 5.81. The minimum absolute atomic E-state index is 0.543. The third-order valence-corrected chi connectivity index (χ3v) is 4.02. The van der Waals surface area contributed by atoms with Crippen LogP contribution in [0.3, 0.4) is 0 Å². The van der Waals surface area contributed by atoms with Gasteiger partial charge in [-0.25, -0.2) is 0 Å². The monoisotopic (exact) mass is 196 g/mol. The van der Waals surface area contributed by atoms with E-state index in [0.717, 1.165) is 12.5 Å². The zero-order valence-corrected chi connectivity index (χ0v) is 9.47. The summed E-state index contributed by atoms with van der Waals surface area (Å²) < 4.78 is 0. The lowest BCUT2D eigenvalue weighted by atomic mass is 10.0. The van der Waals surface area contributed by atoms with Gasteiger partial charge in [-0.3, -0.25) is 0 Å². The summed E-state index contributed by atoms with van der Waals surface area (Å²) in [5.74, 6) is 0.980. The third kappa shape index (κ3) is 2.29. The summed E-state index contributed by atoms with van der Waals surface area (Å²) in [6, 6.07) is 0. The summed E-state index contributed by atoms with van der Waals surface area (Å²) in [4.78, 5) is 2.65. The van der Waals surface area contributed by atoms with Crippen LogP contribution in [0.15, 0.2) is 0 Å². The maximum atomic E-state index is 5.81. The molecule has 1 heterocycles. The Morgan fingerprint density at radius 3 is 2.79 bits per heavy atom. The van der Waals surface area contributed by atoms with Crippen LogP contribution in [0.2, 0.25) is 0 Å². The normalized spacial score (nSPS) is 30.9. The van der Waals surface area contributed by atoms with Crippen molar-refractivity contribution < 1.29 is 0 Å². The predicted molar refractivity (Wildman–Crippen MR) is 60.2 cm³/mol. The quantitative estimate of drug-likeness (QED) is 0.727. The van der Waals surface area contributed by atoms with Gasteiger partial charge < -0.3 is 10.6 Å². The van der Waals surface area contributed by atoms with Crippen LogP contribution in [0.1, 0.15) is 39.0 Å². The van der Waals surface area contributed by atoms with E-state index in [0.29, 0.717) is 5.41 Å². The Kier molecular flexibility index (Phi) is 3.13. The number of nitrogens with zero attached hydrogens (tertiary/aromatic N) is 1. The first-order valence-electron chi connectivity index (χ1n) is 6.20. The highest BCUT2D eigenvalue weighted by molar-refractivity contribution is 4.97. The van der Waals surface area contributed by atoms with Gasteiger partial charge >= 0.3 is 0 Å². The van der Waals surface area contributed by atoms with E-state index in [1.165, 1.54) is 51.7 Å². The molecule has 0 radical (unpaired) electrons. The molecule has 2 nitrogen and oxygen atoms in total. The number of nitrogens with two attached hydrogens (primary N) is 1. The van der Waals surface area contributed by atoms with E-state index in [4.69, 9.17) is 5.73 Å². The predicted octanol–water partition coefficient (Wildman–Crippen LogP) is 1.85.